The summed E-state index contributed by atoms with van der Waals surface area (Å²) in [5.41, 5.74) is 1.50. The van der Waals surface area contributed by atoms with E-state index < -0.39 is 0 Å². The van der Waals surface area contributed by atoms with Gasteiger partial charge in [-0.1, -0.05) is 101 Å². The van der Waals surface area contributed by atoms with Crippen molar-refractivity contribution in [1.82, 2.24) is 0 Å². The number of unbranched alkanes of at least 4 members (excludes halogenated alkanes) is 11. The standard InChI is InChI=1S/C25H46N/c1-4-7-8-9-10-11-12-13-14-15-16-20-23-26(5-2,6-3)24-25-21-18-17-19-22-25/h17-19,21-22H,4-16,20,23-24H2,1-3H3/q+1. The fourth-order valence-electron chi connectivity index (χ4n) is 4.10. The van der Waals surface area contributed by atoms with Gasteiger partial charge in [0, 0.05) is 5.56 Å². The van der Waals surface area contributed by atoms with Gasteiger partial charge < -0.3 is 4.48 Å². The van der Waals surface area contributed by atoms with Crippen LogP contribution in [0.5, 0.6) is 0 Å². The highest BCUT2D eigenvalue weighted by Gasteiger charge is 2.22. The van der Waals surface area contributed by atoms with E-state index in [0.717, 1.165) is 0 Å². The van der Waals surface area contributed by atoms with Gasteiger partial charge in [0.2, 0.25) is 0 Å². The molecule has 0 radical (unpaired) electrons. The van der Waals surface area contributed by atoms with E-state index in [1.165, 1.54) is 113 Å². The zero-order chi connectivity index (χ0) is 18.9. The Morgan fingerprint density at radius 3 is 1.50 bits per heavy atom. The zero-order valence-electron chi connectivity index (χ0n) is 18.1. The summed E-state index contributed by atoms with van der Waals surface area (Å²) in [4.78, 5) is 0. The monoisotopic (exact) mass is 360 g/mol. The molecule has 0 fully saturated rings. The van der Waals surface area contributed by atoms with Crippen LogP contribution < -0.4 is 0 Å². The second-order valence-electron chi connectivity index (χ2n) is 8.23. The van der Waals surface area contributed by atoms with E-state index in [1.54, 1.807) is 0 Å². The molecule has 1 nitrogen and oxygen atoms in total. The van der Waals surface area contributed by atoms with Crippen LogP contribution in [-0.4, -0.2) is 24.1 Å². The van der Waals surface area contributed by atoms with Gasteiger partial charge in [-0.2, -0.15) is 0 Å². The Labute approximate surface area is 164 Å². The summed E-state index contributed by atoms with van der Waals surface area (Å²) >= 11 is 0. The van der Waals surface area contributed by atoms with Gasteiger partial charge in [0.1, 0.15) is 6.54 Å². The molecule has 1 aromatic rings. The van der Waals surface area contributed by atoms with Crippen molar-refractivity contribution in [2.45, 2.75) is 104 Å². The Hall–Kier alpha value is -0.820. The molecule has 0 aliphatic rings. The average Bonchev–Trinajstić information content (AvgIpc) is 2.68. The van der Waals surface area contributed by atoms with Gasteiger partial charge in [-0.15, -0.1) is 0 Å². The van der Waals surface area contributed by atoms with Crippen LogP contribution >= 0.6 is 0 Å². The first-order chi connectivity index (χ1) is 12.8. The first-order valence-electron chi connectivity index (χ1n) is 11.7. The fraction of sp³-hybridized carbons (Fsp3) is 0.760. The molecule has 1 heteroatoms. The van der Waals surface area contributed by atoms with E-state index in [2.05, 4.69) is 51.1 Å². The van der Waals surface area contributed by atoms with E-state index in [0.29, 0.717) is 0 Å². The minimum atomic E-state index is 1.20. The van der Waals surface area contributed by atoms with Crippen LogP contribution in [0, 0.1) is 0 Å². The van der Waals surface area contributed by atoms with Crippen molar-refractivity contribution in [3.8, 4) is 0 Å². The molecule has 0 aromatic heterocycles. The summed E-state index contributed by atoms with van der Waals surface area (Å²) in [6.45, 7) is 12.1. The Morgan fingerprint density at radius 2 is 1.04 bits per heavy atom. The zero-order valence-corrected chi connectivity index (χ0v) is 18.1. The van der Waals surface area contributed by atoms with E-state index in [-0.39, 0.29) is 0 Å². The smallest absolute Gasteiger partial charge is 0.104 e. The van der Waals surface area contributed by atoms with Gasteiger partial charge in [0.25, 0.3) is 0 Å². The number of nitrogens with zero attached hydrogens (tertiary/aromatic N) is 1. The van der Waals surface area contributed by atoms with Crippen molar-refractivity contribution in [3.05, 3.63) is 35.9 Å². The first kappa shape index (κ1) is 23.2. The Balaban J connectivity index is 2.08. The summed E-state index contributed by atoms with van der Waals surface area (Å²) in [6, 6.07) is 11.1. The van der Waals surface area contributed by atoms with Crippen LogP contribution in [0.2, 0.25) is 0 Å². The van der Waals surface area contributed by atoms with Gasteiger partial charge in [-0.3, -0.25) is 0 Å². The molecule has 1 aromatic carbocycles. The Kier molecular flexibility index (Phi) is 13.6. The molecule has 0 aliphatic carbocycles. The minimum absolute atomic E-state index is 1.20. The number of hydrogen-bond donors (Lipinski definition) is 0. The maximum atomic E-state index is 2.37. The maximum absolute atomic E-state index is 2.37. The lowest BCUT2D eigenvalue weighted by Crippen LogP contribution is -2.47. The van der Waals surface area contributed by atoms with Crippen LogP contribution in [0.15, 0.2) is 30.3 Å². The van der Waals surface area contributed by atoms with Crippen LogP contribution in [0.3, 0.4) is 0 Å². The molecule has 1 rings (SSSR count). The molecule has 0 amide bonds. The molecular formula is C25H46N+. The lowest BCUT2D eigenvalue weighted by molar-refractivity contribution is -0.938. The molecule has 26 heavy (non-hydrogen) atoms. The highest BCUT2D eigenvalue weighted by atomic mass is 15.3. The van der Waals surface area contributed by atoms with Gasteiger partial charge in [-0.25, -0.2) is 0 Å². The van der Waals surface area contributed by atoms with Crippen molar-refractivity contribution in [2.24, 2.45) is 0 Å². The fourth-order valence-corrected chi connectivity index (χ4v) is 4.10. The number of hydrogen-bond acceptors (Lipinski definition) is 0. The van der Waals surface area contributed by atoms with Crippen LogP contribution in [0.1, 0.15) is 103 Å². The van der Waals surface area contributed by atoms with E-state index in [1.807, 2.05) is 0 Å². The van der Waals surface area contributed by atoms with E-state index >= 15 is 0 Å². The van der Waals surface area contributed by atoms with Crippen LogP contribution in [0.25, 0.3) is 0 Å². The van der Waals surface area contributed by atoms with Crippen molar-refractivity contribution in [2.75, 3.05) is 19.6 Å². The number of rotatable bonds is 17. The van der Waals surface area contributed by atoms with Gasteiger partial charge >= 0.3 is 0 Å². The predicted octanol–water partition coefficient (Wildman–Crippen LogP) is 7.74. The SMILES string of the molecule is CCCCCCCCCCCCCC[N+](CC)(CC)Cc1ccccc1. The normalized spacial score (nSPS) is 11.8. The van der Waals surface area contributed by atoms with Gasteiger partial charge in [0.15, 0.2) is 0 Å². The Bertz CT molecular complexity index is 407. The second-order valence-corrected chi connectivity index (χ2v) is 8.23. The molecule has 0 bridgehead atoms. The molecule has 0 atom stereocenters. The molecule has 150 valence electrons. The second kappa shape index (κ2) is 15.3. The third kappa shape index (κ3) is 10.4. The lowest BCUT2D eigenvalue weighted by atomic mass is 10.0. The molecule has 0 unspecified atom stereocenters. The average molecular weight is 361 g/mol. The summed E-state index contributed by atoms with van der Waals surface area (Å²) in [5.74, 6) is 0. The third-order valence-corrected chi connectivity index (χ3v) is 6.19. The highest BCUT2D eigenvalue weighted by molar-refractivity contribution is 5.13. The maximum Gasteiger partial charge on any atom is 0.104 e. The van der Waals surface area contributed by atoms with E-state index in [9.17, 15) is 0 Å². The summed E-state index contributed by atoms with van der Waals surface area (Å²) in [5, 5.41) is 0. The van der Waals surface area contributed by atoms with Gasteiger partial charge in [-0.05, 0) is 26.7 Å². The molecule has 0 N–H and O–H groups in total. The third-order valence-electron chi connectivity index (χ3n) is 6.19. The van der Waals surface area contributed by atoms with E-state index in [4.69, 9.17) is 0 Å². The highest BCUT2D eigenvalue weighted by Crippen LogP contribution is 2.17. The van der Waals surface area contributed by atoms with Crippen molar-refractivity contribution in [3.63, 3.8) is 0 Å². The topological polar surface area (TPSA) is 0 Å². The molecule has 0 saturated carbocycles. The van der Waals surface area contributed by atoms with Crippen molar-refractivity contribution < 1.29 is 4.48 Å². The summed E-state index contributed by atoms with van der Waals surface area (Å²) in [6.07, 6.45) is 17.3. The molecule has 0 heterocycles. The quantitative estimate of drug-likeness (QED) is 0.197. The Morgan fingerprint density at radius 1 is 0.577 bits per heavy atom. The molecule has 0 saturated heterocycles. The summed E-state index contributed by atoms with van der Waals surface area (Å²) in [7, 11) is 0. The van der Waals surface area contributed by atoms with Gasteiger partial charge in [0.05, 0.1) is 19.6 Å². The molecule has 0 spiro atoms. The van der Waals surface area contributed by atoms with Crippen LogP contribution in [0.4, 0.5) is 0 Å². The molecule has 0 aliphatic heterocycles. The molecular weight excluding hydrogens is 314 g/mol. The lowest BCUT2D eigenvalue weighted by Gasteiger charge is -2.37. The minimum Gasteiger partial charge on any atom is -0.320 e. The van der Waals surface area contributed by atoms with Crippen LogP contribution in [-0.2, 0) is 6.54 Å². The largest absolute Gasteiger partial charge is 0.320 e. The first-order valence-corrected chi connectivity index (χ1v) is 11.7. The predicted molar refractivity (Wildman–Crippen MR) is 117 cm³/mol. The van der Waals surface area contributed by atoms with Crippen molar-refractivity contribution in [1.29, 1.82) is 0 Å². The summed E-state index contributed by atoms with van der Waals surface area (Å²) < 4.78 is 1.25. The number of benzene rings is 1. The number of quaternary nitrogens is 1. The van der Waals surface area contributed by atoms with Crippen molar-refractivity contribution >= 4 is 0 Å².